The summed E-state index contributed by atoms with van der Waals surface area (Å²) < 4.78 is 0. The van der Waals surface area contributed by atoms with E-state index in [0.29, 0.717) is 17.4 Å². The fourth-order valence-corrected chi connectivity index (χ4v) is 1.96. The highest BCUT2D eigenvalue weighted by atomic mass is 127. The molecule has 2 rings (SSSR count). The third-order valence-electron chi connectivity index (χ3n) is 3.31. The van der Waals surface area contributed by atoms with Gasteiger partial charge in [-0.15, -0.1) is 24.0 Å². The van der Waals surface area contributed by atoms with E-state index in [1.165, 1.54) is 6.42 Å². The Kier molecular flexibility index (Phi) is 4.80. The van der Waals surface area contributed by atoms with Gasteiger partial charge in [-0.1, -0.05) is 32.0 Å². The van der Waals surface area contributed by atoms with Crippen LogP contribution in [0.1, 0.15) is 26.7 Å². The van der Waals surface area contributed by atoms with Crippen LogP contribution in [0.15, 0.2) is 35.3 Å². The van der Waals surface area contributed by atoms with E-state index in [4.69, 9.17) is 5.73 Å². The van der Waals surface area contributed by atoms with Gasteiger partial charge in [0.05, 0.1) is 6.04 Å². The van der Waals surface area contributed by atoms with Crippen molar-refractivity contribution < 1.29 is 0 Å². The van der Waals surface area contributed by atoms with Crippen LogP contribution in [0.25, 0.3) is 0 Å². The molecule has 1 aromatic rings. The van der Waals surface area contributed by atoms with E-state index in [9.17, 15) is 0 Å². The Morgan fingerprint density at radius 1 is 1.35 bits per heavy atom. The number of rotatable bonds is 2. The summed E-state index contributed by atoms with van der Waals surface area (Å²) in [4.78, 5) is 4.51. The Hall–Kier alpha value is -0.780. The van der Waals surface area contributed by atoms with Crippen LogP contribution in [0.3, 0.4) is 0 Å². The van der Waals surface area contributed by atoms with E-state index < -0.39 is 0 Å². The number of aliphatic imine (C=N–C) groups is 1. The Labute approximate surface area is 120 Å². The minimum Gasteiger partial charge on any atom is -0.370 e. The highest BCUT2D eigenvalue weighted by molar-refractivity contribution is 14.0. The lowest BCUT2D eigenvalue weighted by Crippen LogP contribution is -2.40. The second kappa shape index (κ2) is 5.71. The van der Waals surface area contributed by atoms with Crippen molar-refractivity contribution in [3.05, 3.63) is 30.3 Å². The summed E-state index contributed by atoms with van der Waals surface area (Å²) in [5.74, 6) is 0.518. The lowest BCUT2D eigenvalue weighted by Gasteiger charge is -2.41. The SMILES string of the molecule is CC1(C)CCC1N=C(N)Nc1ccccc1.I. The van der Waals surface area contributed by atoms with Crippen molar-refractivity contribution in [2.24, 2.45) is 16.1 Å². The number of guanidine groups is 1. The van der Waals surface area contributed by atoms with Crippen molar-refractivity contribution >= 4 is 35.6 Å². The summed E-state index contributed by atoms with van der Waals surface area (Å²) in [5.41, 5.74) is 7.17. The first-order valence-corrected chi connectivity index (χ1v) is 5.73. The van der Waals surface area contributed by atoms with Gasteiger partial charge in [-0.05, 0) is 30.4 Å². The molecule has 0 radical (unpaired) electrons. The number of hydrogen-bond acceptors (Lipinski definition) is 1. The average molecular weight is 345 g/mol. The fraction of sp³-hybridized carbons (Fsp3) is 0.462. The van der Waals surface area contributed by atoms with E-state index >= 15 is 0 Å². The van der Waals surface area contributed by atoms with Crippen molar-refractivity contribution in [3.63, 3.8) is 0 Å². The van der Waals surface area contributed by atoms with Crippen LogP contribution in [0.4, 0.5) is 5.69 Å². The molecular formula is C13H20IN3. The zero-order valence-electron chi connectivity index (χ0n) is 10.3. The summed E-state index contributed by atoms with van der Waals surface area (Å²) in [5, 5.41) is 3.11. The van der Waals surface area contributed by atoms with Gasteiger partial charge in [-0.2, -0.15) is 0 Å². The summed E-state index contributed by atoms with van der Waals surface area (Å²) in [6.07, 6.45) is 2.38. The molecule has 1 aromatic carbocycles. The van der Waals surface area contributed by atoms with Gasteiger partial charge in [0.25, 0.3) is 0 Å². The Balaban J connectivity index is 0.00000144. The summed E-state index contributed by atoms with van der Waals surface area (Å²) in [7, 11) is 0. The Bertz CT molecular complexity index is 387. The minimum absolute atomic E-state index is 0. The third-order valence-corrected chi connectivity index (χ3v) is 3.31. The number of nitrogens with one attached hydrogen (secondary N) is 1. The first-order chi connectivity index (χ1) is 7.58. The molecule has 0 saturated heterocycles. The van der Waals surface area contributed by atoms with Crippen LogP contribution in [0.5, 0.6) is 0 Å². The number of para-hydroxylation sites is 1. The molecule has 1 fully saturated rings. The average Bonchev–Trinajstić information content (AvgIpc) is 2.26. The van der Waals surface area contributed by atoms with Crippen LogP contribution in [-0.2, 0) is 0 Å². The van der Waals surface area contributed by atoms with Gasteiger partial charge < -0.3 is 11.1 Å². The zero-order chi connectivity index (χ0) is 11.6. The largest absolute Gasteiger partial charge is 0.370 e. The molecule has 0 bridgehead atoms. The molecular weight excluding hydrogens is 325 g/mol. The zero-order valence-corrected chi connectivity index (χ0v) is 12.6. The summed E-state index contributed by atoms with van der Waals surface area (Å²) in [6, 6.07) is 10.3. The van der Waals surface area contributed by atoms with Crippen molar-refractivity contribution in [1.29, 1.82) is 0 Å². The maximum atomic E-state index is 5.88. The van der Waals surface area contributed by atoms with Gasteiger partial charge in [0.2, 0.25) is 0 Å². The number of benzene rings is 1. The first-order valence-electron chi connectivity index (χ1n) is 5.73. The highest BCUT2D eigenvalue weighted by Gasteiger charge is 2.38. The normalized spacial score (nSPS) is 22.2. The molecule has 0 heterocycles. The first kappa shape index (κ1) is 14.3. The van der Waals surface area contributed by atoms with Crippen molar-refractivity contribution in [1.82, 2.24) is 0 Å². The lowest BCUT2D eigenvalue weighted by molar-refractivity contribution is 0.145. The minimum atomic E-state index is 0. The van der Waals surface area contributed by atoms with Crippen LogP contribution in [0.2, 0.25) is 0 Å². The van der Waals surface area contributed by atoms with Crippen LogP contribution < -0.4 is 11.1 Å². The number of nitrogens with two attached hydrogens (primary N) is 1. The topological polar surface area (TPSA) is 50.4 Å². The molecule has 3 nitrogen and oxygen atoms in total. The van der Waals surface area contributed by atoms with Crippen molar-refractivity contribution in [3.8, 4) is 0 Å². The van der Waals surface area contributed by atoms with Gasteiger partial charge in [0.15, 0.2) is 5.96 Å². The van der Waals surface area contributed by atoms with Gasteiger partial charge in [-0.3, -0.25) is 0 Å². The van der Waals surface area contributed by atoms with E-state index in [1.807, 2.05) is 30.3 Å². The van der Waals surface area contributed by atoms with E-state index in [2.05, 4.69) is 24.2 Å². The molecule has 1 saturated carbocycles. The standard InChI is InChI=1S/C13H19N3.HI/c1-13(2)9-8-11(13)16-12(14)15-10-6-4-3-5-7-10;/h3-7,11H,8-9H2,1-2H3,(H3,14,15,16);1H. The smallest absolute Gasteiger partial charge is 0.193 e. The molecule has 1 aliphatic carbocycles. The molecule has 1 unspecified atom stereocenters. The summed E-state index contributed by atoms with van der Waals surface area (Å²) in [6.45, 7) is 4.47. The third kappa shape index (κ3) is 3.59. The molecule has 0 amide bonds. The van der Waals surface area contributed by atoms with Crippen molar-refractivity contribution in [2.45, 2.75) is 32.7 Å². The Morgan fingerprint density at radius 3 is 2.47 bits per heavy atom. The number of nitrogens with zero attached hydrogens (tertiary/aromatic N) is 1. The Morgan fingerprint density at radius 2 is 2.00 bits per heavy atom. The van der Waals surface area contributed by atoms with Gasteiger partial charge in [0, 0.05) is 5.69 Å². The van der Waals surface area contributed by atoms with Gasteiger partial charge in [-0.25, -0.2) is 4.99 Å². The van der Waals surface area contributed by atoms with E-state index in [1.54, 1.807) is 0 Å². The van der Waals surface area contributed by atoms with Gasteiger partial charge in [0.1, 0.15) is 0 Å². The maximum absolute atomic E-state index is 5.88. The molecule has 94 valence electrons. The predicted octanol–water partition coefficient (Wildman–Crippen LogP) is 3.22. The molecule has 3 N–H and O–H groups in total. The number of halogens is 1. The van der Waals surface area contributed by atoms with Crippen molar-refractivity contribution in [2.75, 3.05) is 5.32 Å². The molecule has 4 heteroatoms. The molecule has 1 aliphatic rings. The highest BCUT2D eigenvalue weighted by Crippen LogP contribution is 2.42. The van der Waals surface area contributed by atoms with Gasteiger partial charge >= 0.3 is 0 Å². The van der Waals surface area contributed by atoms with Crippen LogP contribution in [-0.4, -0.2) is 12.0 Å². The number of anilines is 1. The molecule has 0 aromatic heterocycles. The molecule has 1 atom stereocenters. The molecule has 0 aliphatic heterocycles. The van der Waals surface area contributed by atoms with Crippen LogP contribution >= 0.6 is 24.0 Å². The maximum Gasteiger partial charge on any atom is 0.193 e. The van der Waals surface area contributed by atoms with Crippen LogP contribution in [0, 0.1) is 5.41 Å². The molecule has 17 heavy (non-hydrogen) atoms. The quantitative estimate of drug-likeness (QED) is 0.491. The lowest BCUT2D eigenvalue weighted by atomic mass is 9.68. The number of hydrogen-bond donors (Lipinski definition) is 2. The fourth-order valence-electron chi connectivity index (χ4n) is 1.96. The second-order valence-corrected chi connectivity index (χ2v) is 5.05. The summed E-state index contributed by atoms with van der Waals surface area (Å²) >= 11 is 0. The molecule has 0 spiro atoms. The van der Waals surface area contributed by atoms with E-state index in [-0.39, 0.29) is 24.0 Å². The predicted molar refractivity (Wildman–Crippen MR) is 83.9 cm³/mol. The van der Waals surface area contributed by atoms with E-state index in [0.717, 1.165) is 12.1 Å². The second-order valence-electron chi connectivity index (χ2n) is 5.05. The monoisotopic (exact) mass is 345 g/mol.